The minimum absolute atomic E-state index is 0.167. The first-order chi connectivity index (χ1) is 4.06. The van der Waals surface area contributed by atoms with E-state index in [0.29, 0.717) is 6.42 Å². The van der Waals surface area contributed by atoms with Gasteiger partial charge in [0.05, 0.1) is 0 Å². The maximum absolute atomic E-state index is 11.4. The summed E-state index contributed by atoms with van der Waals surface area (Å²) in [6.07, 6.45) is -1.44. The van der Waals surface area contributed by atoms with E-state index < -0.39 is 12.6 Å². The van der Waals surface area contributed by atoms with Crippen LogP contribution in [0.4, 0.5) is 13.2 Å². The second-order valence-electron chi connectivity index (χ2n) is 1.82. The van der Waals surface area contributed by atoms with Crippen LogP contribution in [0, 0.1) is 6.42 Å². The van der Waals surface area contributed by atoms with E-state index in [2.05, 4.69) is 6.42 Å². The van der Waals surface area contributed by atoms with Gasteiger partial charge in [-0.2, -0.15) is 13.2 Å². The maximum Gasteiger partial charge on any atom is 0.389 e. The molecule has 0 aliphatic rings. The lowest BCUT2D eigenvalue weighted by Gasteiger charge is -2.03. The van der Waals surface area contributed by atoms with Gasteiger partial charge in [-0.25, -0.2) is 0 Å². The van der Waals surface area contributed by atoms with E-state index in [9.17, 15) is 13.2 Å². The molecule has 0 aromatic rings. The Hall–Kier alpha value is -0.210. The summed E-state index contributed by atoms with van der Waals surface area (Å²) < 4.78 is 34.1. The second kappa shape index (κ2) is 3.75. The van der Waals surface area contributed by atoms with Crippen LogP contribution in [-0.4, -0.2) is 6.18 Å². The number of hydrogen-bond donors (Lipinski definition) is 0. The zero-order valence-corrected chi connectivity index (χ0v) is 5.26. The Labute approximate surface area is 53.1 Å². The lowest BCUT2D eigenvalue weighted by atomic mass is 10.2. The molecule has 0 nitrogen and oxygen atoms in total. The molecule has 9 heavy (non-hydrogen) atoms. The van der Waals surface area contributed by atoms with Crippen LogP contribution >= 0.6 is 0 Å². The lowest BCUT2D eigenvalue weighted by Crippen LogP contribution is -2.05. The van der Waals surface area contributed by atoms with E-state index in [-0.39, 0.29) is 6.42 Å². The first-order valence-corrected chi connectivity index (χ1v) is 2.77. The van der Waals surface area contributed by atoms with Crippen molar-refractivity contribution in [2.45, 2.75) is 32.4 Å². The highest BCUT2D eigenvalue weighted by Crippen LogP contribution is 2.22. The van der Waals surface area contributed by atoms with E-state index in [1.165, 1.54) is 0 Å². The summed E-state index contributed by atoms with van der Waals surface area (Å²) in [6, 6.07) is 0. The first-order valence-electron chi connectivity index (χ1n) is 2.77. The zero-order valence-electron chi connectivity index (χ0n) is 5.26. The quantitative estimate of drug-likeness (QED) is 0.526. The van der Waals surface area contributed by atoms with Crippen molar-refractivity contribution >= 4 is 0 Å². The van der Waals surface area contributed by atoms with Gasteiger partial charge in [0.25, 0.3) is 0 Å². The van der Waals surface area contributed by atoms with Crippen molar-refractivity contribution in [3.63, 3.8) is 0 Å². The van der Waals surface area contributed by atoms with Crippen LogP contribution in [0.25, 0.3) is 0 Å². The molecule has 0 aliphatic heterocycles. The zero-order chi connectivity index (χ0) is 7.33. The molecule has 2 radical (unpaired) electrons. The van der Waals surface area contributed by atoms with E-state index in [0.717, 1.165) is 0 Å². The minimum Gasteiger partial charge on any atom is -0.171 e. The molecular formula is C6H9F3. The highest BCUT2D eigenvalue weighted by atomic mass is 19.4. The molecule has 0 N–H and O–H groups in total. The van der Waals surface area contributed by atoms with Gasteiger partial charge >= 0.3 is 6.18 Å². The Morgan fingerprint density at radius 1 is 1.33 bits per heavy atom. The number of halogens is 3. The molecule has 0 saturated heterocycles. The van der Waals surface area contributed by atoms with E-state index in [1.807, 2.05) is 0 Å². The summed E-state index contributed by atoms with van der Waals surface area (Å²) in [5, 5.41) is 0. The summed E-state index contributed by atoms with van der Waals surface area (Å²) in [6.45, 7) is 1.64. The van der Waals surface area contributed by atoms with Crippen molar-refractivity contribution in [1.29, 1.82) is 0 Å². The standard InChI is InChI=1S/C6H9F3/c1-2-3-4-5-6(7,8)9/h3-5H2,1H3. The van der Waals surface area contributed by atoms with Crippen molar-refractivity contribution in [2.75, 3.05) is 0 Å². The number of hydrogen-bond acceptors (Lipinski definition) is 0. The van der Waals surface area contributed by atoms with E-state index in [1.54, 1.807) is 6.92 Å². The summed E-state index contributed by atoms with van der Waals surface area (Å²) in [7, 11) is 0. The third-order valence-electron chi connectivity index (χ3n) is 0.887. The molecule has 0 rings (SSSR count). The lowest BCUT2D eigenvalue weighted by molar-refractivity contribution is -0.135. The molecule has 0 aliphatic carbocycles. The van der Waals surface area contributed by atoms with Crippen LogP contribution in [-0.2, 0) is 0 Å². The molecule has 0 fully saturated rings. The maximum atomic E-state index is 11.4. The Balaban J connectivity index is 3.07. The van der Waals surface area contributed by atoms with Gasteiger partial charge in [0.2, 0.25) is 0 Å². The molecule has 0 bridgehead atoms. The van der Waals surface area contributed by atoms with Gasteiger partial charge in [-0.3, -0.25) is 0 Å². The normalized spacial score (nSPS) is 12.0. The first kappa shape index (κ1) is 8.79. The average molecular weight is 138 g/mol. The number of alkyl halides is 3. The average Bonchev–Trinajstić information content (AvgIpc) is 1.63. The molecule has 0 spiro atoms. The smallest absolute Gasteiger partial charge is 0.171 e. The summed E-state index contributed by atoms with van der Waals surface area (Å²) in [5.41, 5.74) is 0. The molecule has 0 unspecified atom stereocenters. The summed E-state index contributed by atoms with van der Waals surface area (Å²) in [4.78, 5) is 0. The van der Waals surface area contributed by atoms with Crippen molar-refractivity contribution in [1.82, 2.24) is 0 Å². The fourth-order valence-electron chi connectivity index (χ4n) is 0.466. The fraction of sp³-hybridized carbons (Fsp3) is 0.833. The third kappa shape index (κ3) is 7.79. The molecule has 0 saturated carbocycles. The molecule has 0 aromatic carbocycles. The van der Waals surface area contributed by atoms with Gasteiger partial charge in [0.15, 0.2) is 0 Å². The number of unbranched alkanes of at least 4 members (excludes halogenated alkanes) is 2. The van der Waals surface area contributed by atoms with E-state index in [4.69, 9.17) is 0 Å². The molecule has 0 amide bonds. The van der Waals surface area contributed by atoms with Crippen LogP contribution in [0.3, 0.4) is 0 Å². The van der Waals surface area contributed by atoms with Crippen molar-refractivity contribution < 1.29 is 13.2 Å². The summed E-state index contributed by atoms with van der Waals surface area (Å²) >= 11 is 0. The second-order valence-corrected chi connectivity index (χ2v) is 1.82. The summed E-state index contributed by atoms with van der Waals surface area (Å²) in [5.74, 6) is 0. The van der Waals surface area contributed by atoms with Crippen LogP contribution in [0.1, 0.15) is 26.2 Å². The predicted molar refractivity (Wildman–Crippen MR) is 28.8 cm³/mol. The van der Waals surface area contributed by atoms with Gasteiger partial charge in [-0.05, 0) is 19.3 Å². The monoisotopic (exact) mass is 138 g/mol. The highest BCUT2D eigenvalue weighted by molar-refractivity contribution is 4.58. The Kier molecular flexibility index (Phi) is 3.66. The Morgan fingerprint density at radius 2 is 1.89 bits per heavy atom. The van der Waals surface area contributed by atoms with Gasteiger partial charge in [-0.1, -0.05) is 6.92 Å². The van der Waals surface area contributed by atoms with E-state index >= 15 is 0 Å². The largest absolute Gasteiger partial charge is 0.389 e. The fourth-order valence-corrected chi connectivity index (χ4v) is 0.466. The van der Waals surface area contributed by atoms with Gasteiger partial charge in [-0.15, -0.1) is 0 Å². The van der Waals surface area contributed by atoms with Crippen LogP contribution < -0.4 is 0 Å². The molecule has 0 atom stereocenters. The highest BCUT2D eigenvalue weighted by Gasteiger charge is 2.25. The van der Waals surface area contributed by atoms with Gasteiger partial charge in [0, 0.05) is 6.42 Å². The Bertz CT molecular complexity index is 65.2. The van der Waals surface area contributed by atoms with Crippen molar-refractivity contribution in [3.05, 3.63) is 6.42 Å². The van der Waals surface area contributed by atoms with Crippen LogP contribution in [0.5, 0.6) is 0 Å². The molecule has 54 valence electrons. The van der Waals surface area contributed by atoms with Gasteiger partial charge in [0.1, 0.15) is 0 Å². The van der Waals surface area contributed by atoms with Crippen LogP contribution in [0.15, 0.2) is 0 Å². The predicted octanol–water partition coefficient (Wildman–Crippen LogP) is 2.82. The topological polar surface area (TPSA) is 0 Å². The molecule has 3 heteroatoms. The molecular weight excluding hydrogens is 129 g/mol. The van der Waals surface area contributed by atoms with Gasteiger partial charge < -0.3 is 0 Å². The molecule has 0 heterocycles. The van der Waals surface area contributed by atoms with Crippen LogP contribution in [0.2, 0.25) is 0 Å². The van der Waals surface area contributed by atoms with Crippen molar-refractivity contribution in [2.24, 2.45) is 0 Å². The Morgan fingerprint density at radius 3 is 2.22 bits per heavy atom. The third-order valence-corrected chi connectivity index (χ3v) is 0.887. The number of rotatable bonds is 3. The SMILES string of the molecule is C[C]CCCC(F)(F)F. The molecule has 0 aromatic heterocycles. The minimum atomic E-state index is -3.99. The van der Waals surface area contributed by atoms with Crippen molar-refractivity contribution in [3.8, 4) is 0 Å².